The molecule has 23 heavy (non-hydrogen) atoms. The Labute approximate surface area is 141 Å². The predicted octanol–water partition coefficient (Wildman–Crippen LogP) is 2.31. The first-order valence-corrected chi connectivity index (χ1v) is 8.16. The molecule has 0 bridgehead atoms. The van der Waals surface area contributed by atoms with Gasteiger partial charge in [-0.25, -0.2) is 4.79 Å². The lowest BCUT2D eigenvalue weighted by Gasteiger charge is -2.20. The van der Waals surface area contributed by atoms with E-state index in [-0.39, 0.29) is 5.91 Å². The summed E-state index contributed by atoms with van der Waals surface area (Å²) in [6.45, 7) is 1.47. The number of rotatable bonds is 3. The molecule has 1 unspecified atom stereocenters. The van der Waals surface area contributed by atoms with Gasteiger partial charge in [-0.1, -0.05) is 0 Å². The van der Waals surface area contributed by atoms with Gasteiger partial charge >= 0.3 is 5.97 Å². The molecule has 1 aromatic rings. The van der Waals surface area contributed by atoms with Crippen LogP contribution in [0.4, 0.5) is 0 Å². The van der Waals surface area contributed by atoms with Crippen LogP contribution in [0.15, 0.2) is 22.7 Å². The van der Waals surface area contributed by atoms with Crippen LogP contribution in [0.25, 0.3) is 6.08 Å². The third-order valence-corrected chi connectivity index (χ3v) is 4.45. The fraction of sp³-hybridized carbons (Fsp3) is 0.375. The van der Waals surface area contributed by atoms with Gasteiger partial charge in [0.15, 0.2) is 11.5 Å². The summed E-state index contributed by atoms with van der Waals surface area (Å²) >= 11 is 3.42. The number of benzene rings is 1. The number of ether oxygens (including phenoxy) is 2. The van der Waals surface area contributed by atoms with Crippen molar-refractivity contribution in [2.24, 2.45) is 0 Å². The first-order valence-electron chi connectivity index (χ1n) is 7.37. The highest BCUT2D eigenvalue weighted by molar-refractivity contribution is 9.10. The summed E-state index contributed by atoms with van der Waals surface area (Å²) in [6.07, 6.45) is 4.28. The van der Waals surface area contributed by atoms with Crippen molar-refractivity contribution in [3.63, 3.8) is 0 Å². The number of carboxylic acid groups (broad SMARTS) is 1. The minimum atomic E-state index is -0.952. The van der Waals surface area contributed by atoms with Crippen molar-refractivity contribution in [1.82, 2.24) is 4.90 Å². The molecule has 2 aliphatic heterocycles. The molecule has 6 nitrogen and oxygen atoms in total. The monoisotopic (exact) mass is 381 g/mol. The van der Waals surface area contributed by atoms with E-state index < -0.39 is 12.0 Å². The van der Waals surface area contributed by atoms with Crippen LogP contribution in [-0.4, -0.2) is 47.7 Å². The number of carbonyl (C=O) groups is 2. The van der Waals surface area contributed by atoms with Crippen LogP contribution in [-0.2, 0) is 9.59 Å². The molecule has 1 amide bonds. The maximum atomic E-state index is 12.2. The maximum absolute atomic E-state index is 12.2. The van der Waals surface area contributed by atoms with Crippen molar-refractivity contribution < 1.29 is 24.2 Å². The zero-order chi connectivity index (χ0) is 16.4. The first-order chi connectivity index (χ1) is 11.1. The predicted molar refractivity (Wildman–Crippen MR) is 86.5 cm³/mol. The number of halogens is 1. The lowest BCUT2D eigenvalue weighted by atomic mass is 10.1. The molecule has 0 aromatic heterocycles. The van der Waals surface area contributed by atoms with Gasteiger partial charge in [0.25, 0.3) is 0 Å². The van der Waals surface area contributed by atoms with Gasteiger partial charge in [0.2, 0.25) is 5.91 Å². The molecule has 3 rings (SSSR count). The quantitative estimate of drug-likeness (QED) is 0.812. The van der Waals surface area contributed by atoms with Crippen LogP contribution >= 0.6 is 15.9 Å². The van der Waals surface area contributed by atoms with Gasteiger partial charge in [0.05, 0.1) is 4.47 Å². The second-order valence-corrected chi connectivity index (χ2v) is 6.24. The molecule has 0 saturated carbocycles. The summed E-state index contributed by atoms with van der Waals surface area (Å²) in [7, 11) is 0. The maximum Gasteiger partial charge on any atom is 0.326 e. The highest BCUT2D eigenvalue weighted by atomic mass is 79.9. The zero-order valence-electron chi connectivity index (χ0n) is 12.3. The third kappa shape index (κ3) is 3.34. The second kappa shape index (κ2) is 6.62. The van der Waals surface area contributed by atoms with Gasteiger partial charge in [0, 0.05) is 12.6 Å². The Morgan fingerprint density at radius 2 is 2.09 bits per heavy atom. The van der Waals surface area contributed by atoms with Crippen molar-refractivity contribution >= 4 is 33.9 Å². The van der Waals surface area contributed by atoms with Crippen LogP contribution in [0.2, 0.25) is 0 Å². The van der Waals surface area contributed by atoms with Gasteiger partial charge < -0.3 is 19.5 Å². The van der Waals surface area contributed by atoms with Gasteiger partial charge in [-0.05, 0) is 52.5 Å². The topological polar surface area (TPSA) is 76.1 Å². The van der Waals surface area contributed by atoms with E-state index in [0.717, 1.165) is 10.0 Å². The molecular formula is C16H16BrNO5. The third-order valence-electron chi connectivity index (χ3n) is 3.86. The second-order valence-electron chi connectivity index (χ2n) is 5.39. The molecular weight excluding hydrogens is 366 g/mol. The average Bonchev–Trinajstić information content (AvgIpc) is 3.02. The SMILES string of the molecule is O=C(O)C1CCCN1C(=O)C=Cc1cc(Br)c2c(c1)OCCO2. The normalized spacial score (nSPS) is 20.0. The van der Waals surface area contributed by atoms with Crippen molar-refractivity contribution in [2.45, 2.75) is 18.9 Å². The number of hydrogen-bond acceptors (Lipinski definition) is 4. The molecule has 1 fully saturated rings. The number of carbonyl (C=O) groups excluding carboxylic acids is 1. The minimum absolute atomic E-state index is 0.291. The van der Waals surface area contributed by atoms with Crippen LogP contribution in [0.3, 0.4) is 0 Å². The van der Waals surface area contributed by atoms with Crippen molar-refractivity contribution in [2.75, 3.05) is 19.8 Å². The highest BCUT2D eigenvalue weighted by Gasteiger charge is 2.32. The molecule has 0 aliphatic carbocycles. The largest absolute Gasteiger partial charge is 0.486 e. The van der Waals surface area contributed by atoms with Crippen molar-refractivity contribution in [3.05, 3.63) is 28.2 Å². The number of carboxylic acids is 1. The van der Waals surface area contributed by atoms with E-state index in [2.05, 4.69) is 15.9 Å². The van der Waals surface area contributed by atoms with Crippen LogP contribution in [0, 0.1) is 0 Å². The Balaban J connectivity index is 1.76. The van der Waals surface area contributed by atoms with Crippen molar-refractivity contribution in [3.8, 4) is 11.5 Å². The summed E-state index contributed by atoms with van der Waals surface area (Å²) in [5.41, 5.74) is 0.778. The number of amides is 1. The van der Waals surface area contributed by atoms with E-state index in [9.17, 15) is 9.59 Å². The summed E-state index contributed by atoms with van der Waals surface area (Å²) in [4.78, 5) is 24.8. The Kier molecular flexibility index (Phi) is 4.56. The minimum Gasteiger partial charge on any atom is -0.486 e. The number of likely N-dealkylation sites (tertiary alicyclic amines) is 1. The first kappa shape index (κ1) is 15.9. The molecule has 7 heteroatoms. The van der Waals surface area contributed by atoms with Crippen molar-refractivity contribution in [1.29, 1.82) is 0 Å². The smallest absolute Gasteiger partial charge is 0.326 e. The lowest BCUT2D eigenvalue weighted by molar-refractivity contribution is -0.146. The van der Waals surface area contributed by atoms with E-state index in [1.165, 1.54) is 11.0 Å². The Morgan fingerprint density at radius 3 is 2.87 bits per heavy atom. The summed E-state index contributed by atoms with van der Waals surface area (Å²) in [6, 6.07) is 2.90. The van der Waals surface area contributed by atoms with E-state index in [1.807, 2.05) is 6.07 Å². The number of nitrogens with zero attached hydrogens (tertiary/aromatic N) is 1. The Hall–Kier alpha value is -2.02. The Morgan fingerprint density at radius 1 is 1.30 bits per heavy atom. The van der Waals surface area contributed by atoms with E-state index in [0.29, 0.717) is 44.1 Å². The van der Waals surface area contributed by atoms with Crippen LogP contribution < -0.4 is 9.47 Å². The fourth-order valence-corrected chi connectivity index (χ4v) is 3.35. The summed E-state index contributed by atoms with van der Waals surface area (Å²) in [5, 5.41) is 9.13. The van der Waals surface area contributed by atoms with Gasteiger partial charge in [-0.3, -0.25) is 4.79 Å². The van der Waals surface area contributed by atoms with Gasteiger partial charge in [-0.2, -0.15) is 0 Å². The molecule has 1 aromatic carbocycles. The molecule has 0 radical (unpaired) electrons. The molecule has 1 N–H and O–H groups in total. The average molecular weight is 382 g/mol. The number of aliphatic carboxylic acids is 1. The fourth-order valence-electron chi connectivity index (χ4n) is 2.78. The molecule has 1 atom stereocenters. The molecule has 2 aliphatic rings. The Bertz CT molecular complexity index is 673. The molecule has 2 heterocycles. The molecule has 0 spiro atoms. The number of hydrogen-bond donors (Lipinski definition) is 1. The lowest BCUT2D eigenvalue weighted by Crippen LogP contribution is -2.39. The van der Waals surface area contributed by atoms with E-state index in [4.69, 9.17) is 14.6 Å². The van der Waals surface area contributed by atoms with Gasteiger partial charge in [-0.15, -0.1) is 0 Å². The van der Waals surface area contributed by atoms with E-state index in [1.54, 1.807) is 12.1 Å². The van der Waals surface area contributed by atoms with Crippen LogP contribution in [0.5, 0.6) is 11.5 Å². The zero-order valence-corrected chi connectivity index (χ0v) is 13.9. The number of fused-ring (bicyclic) bond motifs is 1. The summed E-state index contributed by atoms with van der Waals surface area (Å²) in [5.74, 6) is 0.0414. The highest BCUT2D eigenvalue weighted by Crippen LogP contribution is 2.38. The van der Waals surface area contributed by atoms with Crippen LogP contribution in [0.1, 0.15) is 18.4 Å². The van der Waals surface area contributed by atoms with E-state index >= 15 is 0 Å². The standard InChI is InChI=1S/C16H16BrNO5/c17-11-8-10(9-13-15(11)23-7-6-22-13)3-4-14(19)18-5-1-2-12(18)16(20)21/h3-4,8-9,12H,1-2,5-7H2,(H,20,21). The molecule has 1 saturated heterocycles. The van der Waals surface area contributed by atoms with Gasteiger partial charge in [0.1, 0.15) is 19.3 Å². The molecule has 122 valence electrons. The summed E-state index contributed by atoms with van der Waals surface area (Å²) < 4.78 is 11.8.